The van der Waals surface area contributed by atoms with Gasteiger partial charge < -0.3 is 9.47 Å². The minimum Gasteiger partial charge on any atom is -0.376 e. The molecule has 0 unspecified atom stereocenters. The number of benzene rings is 1. The van der Waals surface area contributed by atoms with Crippen LogP contribution < -0.4 is 0 Å². The highest BCUT2D eigenvalue weighted by atomic mass is 16.5. The van der Waals surface area contributed by atoms with Gasteiger partial charge in [-0.3, -0.25) is 0 Å². The largest absolute Gasteiger partial charge is 0.376 e. The maximum absolute atomic E-state index is 5.57. The van der Waals surface area contributed by atoms with Crippen molar-refractivity contribution < 1.29 is 9.47 Å². The lowest BCUT2D eigenvalue weighted by molar-refractivity contribution is 0.0143. The third-order valence-corrected chi connectivity index (χ3v) is 2.77. The molecule has 0 heterocycles. The van der Waals surface area contributed by atoms with Crippen LogP contribution in [0.5, 0.6) is 0 Å². The van der Waals surface area contributed by atoms with Gasteiger partial charge in [-0.25, -0.2) is 0 Å². The van der Waals surface area contributed by atoms with Crippen LogP contribution in [0, 0.1) is 0 Å². The van der Waals surface area contributed by atoms with E-state index in [9.17, 15) is 0 Å². The summed E-state index contributed by atoms with van der Waals surface area (Å²) in [5, 5.41) is 0. The molecule has 18 heavy (non-hydrogen) atoms. The van der Waals surface area contributed by atoms with Gasteiger partial charge in [0, 0.05) is 0 Å². The molecule has 0 saturated heterocycles. The Bertz CT molecular complexity index is 333. The number of hydrogen-bond donors (Lipinski definition) is 0. The van der Waals surface area contributed by atoms with Gasteiger partial charge in [0.1, 0.15) is 0 Å². The number of ether oxygens (including phenoxy) is 2. The predicted octanol–water partition coefficient (Wildman–Crippen LogP) is 3.93. The Kier molecular flexibility index (Phi) is 5.83. The van der Waals surface area contributed by atoms with E-state index in [1.165, 1.54) is 11.1 Å². The maximum atomic E-state index is 5.57. The van der Waals surface area contributed by atoms with Crippen molar-refractivity contribution in [1.82, 2.24) is 0 Å². The zero-order valence-corrected chi connectivity index (χ0v) is 12.3. The van der Waals surface area contributed by atoms with Gasteiger partial charge in [0.25, 0.3) is 0 Å². The molecule has 1 rings (SSSR count). The van der Waals surface area contributed by atoms with Crippen molar-refractivity contribution in [2.24, 2.45) is 0 Å². The molecule has 0 aliphatic rings. The van der Waals surface area contributed by atoms with E-state index < -0.39 is 0 Å². The Balaban J connectivity index is 2.31. The quantitative estimate of drug-likeness (QED) is 0.712. The minimum atomic E-state index is 0.213. The zero-order chi connectivity index (χ0) is 13.6. The van der Waals surface area contributed by atoms with E-state index >= 15 is 0 Å². The Labute approximate surface area is 111 Å². The molecule has 2 heteroatoms. The molecule has 0 spiro atoms. The van der Waals surface area contributed by atoms with Gasteiger partial charge in [0.05, 0.1) is 25.9 Å². The van der Waals surface area contributed by atoms with Gasteiger partial charge in [-0.1, -0.05) is 45.0 Å². The van der Waals surface area contributed by atoms with E-state index in [1.807, 2.05) is 13.8 Å². The molecule has 1 aromatic rings. The van der Waals surface area contributed by atoms with Crippen LogP contribution in [0.2, 0.25) is 0 Å². The molecule has 0 aromatic heterocycles. The number of rotatable bonds is 6. The molecule has 1 aromatic carbocycles. The average molecular weight is 250 g/mol. The van der Waals surface area contributed by atoms with Crippen LogP contribution in [0.3, 0.4) is 0 Å². The summed E-state index contributed by atoms with van der Waals surface area (Å²) in [5.74, 6) is 0. The lowest BCUT2D eigenvalue weighted by Crippen LogP contribution is -2.11. The summed E-state index contributed by atoms with van der Waals surface area (Å²) in [4.78, 5) is 0. The highest BCUT2D eigenvalue weighted by Gasteiger charge is 2.12. The van der Waals surface area contributed by atoms with E-state index in [0.717, 1.165) is 0 Å². The van der Waals surface area contributed by atoms with E-state index in [0.29, 0.717) is 19.8 Å². The predicted molar refractivity (Wildman–Crippen MR) is 75.9 cm³/mol. The van der Waals surface area contributed by atoms with Crippen molar-refractivity contribution in [2.75, 3.05) is 13.2 Å². The summed E-state index contributed by atoms with van der Waals surface area (Å²) in [6.07, 6.45) is 0.277. The van der Waals surface area contributed by atoms with Crippen LogP contribution in [0.25, 0.3) is 0 Å². The molecule has 0 amide bonds. The third kappa shape index (κ3) is 5.65. The van der Waals surface area contributed by atoms with Gasteiger partial charge in [-0.05, 0) is 30.4 Å². The first-order valence-corrected chi connectivity index (χ1v) is 6.68. The Morgan fingerprint density at radius 2 is 1.61 bits per heavy atom. The van der Waals surface area contributed by atoms with Gasteiger partial charge in [0.15, 0.2) is 0 Å². The molecule has 0 saturated carbocycles. The van der Waals surface area contributed by atoms with Crippen molar-refractivity contribution >= 4 is 0 Å². The van der Waals surface area contributed by atoms with Gasteiger partial charge in [0.2, 0.25) is 0 Å². The summed E-state index contributed by atoms with van der Waals surface area (Å²) < 4.78 is 11.0. The molecule has 0 fully saturated rings. The van der Waals surface area contributed by atoms with Crippen molar-refractivity contribution in [3.05, 3.63) is 35.4 Å². The van der Waals surface area contributed by atoms with Crippen LogP contribution in [-0.2, 0) is 21.5 Å². The lowest BCUT2D eigenvalue weighted by Gasteiger charge is -2.19. The normalized spacial score (nSPS) is 12.1. The first-order chi connectivity index (χ1) is 8.39. The van der Waals surface area contributed by atoms with Crippen molar-refractivity contribution in [1.29, 1.82) is 0 Å². The minimum absolute atomic E-state index is 0.213. The Morgan fingerprint density at radius 1 is 1.00 bits per heavy atom. The fourth-order valence-corrected chi connectivity index (χ4v) is 1.63. The highest BCUT2D eigenvalue weighted by Crippen LogP contribution is 2.22. The van der Waals surface area contributed by atoms with Crippen LogP contribution in [-0.4, -0.2) is 19.3 Å². The first kappa shape index (κ1) is 15.2. The second-order valence-corrected chi connectivity index (χ2v) is 5.92. The molecule has 0 atom stereocenters. The fourth-order valence-electron chi connectivity index (χ4n) is 1.63. The van der Waals surface area contributed by atoms with E-state index in [1.54, 1.807) is 0 Å². The van der Waals surface area contributed by atoms with Crippen molar-refractivity contribution in [2.45, 2.75) is 52.7 Å². The summed E-state index contributed by atoms with van der Waals surface area (Å²) in [6, 6.07) is 8.65. The highest BCUT2D eigenvalue weighted by molar-refractivity contribution is 5.27. The molecule has 0 aliphatic heterocycles. The van der Waals surface area contributed by atoms with Crippen LogP contribution >= 0.6 is 0 Å². The Hall–Kier alpha value is -0.860. The van der Waals surface area contributed by atoms with Gasteiger partial charge >= 0.3 is 0 Å². The molecular weight excluding hydrogens is 224 g/mol. The van der Waals surface area contributed by atoms with E-state index in [2.05, 4.69) is 45.0 Å². The zero-order valence-electron chi connectivity index (χ0n) is 12.3. The van der Waals surface area contributed by atoms with Gasteiger partial charge in [-0.15, -0.1) is 0 Å². The van der Waals surface area contributed by atoms with Gasteiger partial charge in [-0.2, -0.15) is 0 Å². The molecule has 0 aliphatic carbocycles. The SMILES string of the molecule is CC(C)OCCOCc1ccc(C(C)(C)C)cc1. The summed E-state index contributed by atoms with van der Waals surface area (Å²) >= 11 is 0. The van der Waals surface area contributed by atoms with E-state index in [4.69, 9.17) is 9.47 Å². The molecule has 0 radical (unpaired) electrons. The Morgan fingerprint density at radius 3 is 2.11 bits per heavy atom. The van der Waals surface area contributed by atoms with E-state index in [-0.39, 0.29) is 11.5 Å². The fraction of sp³-hybridized carbons (Fsp3) is 0.625. The summed E-state index contributed by atoms with van der Waals surface area (Å²) in [5.41, 5.74) is 2.78. The molecule has 2 nitrogen and oxygen atoms in total. The van der Waals surface area contributed by atoms with Crippen LogP contribution in [0.15, 0.2) is 24.3 Å². The molecule has 0 bridgehead atoms. The molecular formula is C16H26O2. The summed E-state index contributed by atoms with van der Waals surface area (Å²) in [7, 11) is 0. The second kappa shape index (κ2) is 6.91. The standard InChI is InChI=1S/C16H26O2/c1-13(2)18-11-10-17-12-14-6-8-15(9-7-14)16(3,4)5/h6-9,13H,10-12H2,1-5H3. The van der Waals surface area contributed by atoms with Crippen molar-refractivity contribution in [3.63, 3.8) is 0 Å². The monoisotopic (exact) mass is 250 g/mol. The van der Waals surface area contributed by atoms with Crippen LogP contribution in [0.1, 0.15) is 45.7 Å². The van der Waals surface area contributed by atoms with Crippen molar-refractivity contribution in [3.8, 4) is 0 Å². The molecule has 102 valence electrons. The smallest absolute Gasteiger partial charge is 0.0718 e. The lowest BCUT2D eigenvalue weighted by atomic mass is 9.87. The second-order valence-electron chi connectivity index (χ2n) is 5.92. The summed E-state index contributed by atoms with van der Waals surface area (Å²) in [6.45, 7) is 12.7. The molecule has 0 N–H and O–H groups in total. The topological polar surface area (TPSA) is 18.5 Å². The average Bonchev–Trinajstić information content (AvgIpc) is 2.27. The third-order valence-electron chi connectivity index (χ3n) is 2.77. The first-order valence-electron chi connectivity index (χ1n) is 6.68. The van der Waals surface area contributed by atoms with Crippen LogP contribution in [0.4, 0.5) is 0 Å². The maximum Gasteiger partial charge on any atom is 0.0718 e. The number of hydrogen-bond acceptors (Lipinski definition) is 2.